The summed E-state index contributed by atoms with van der Waals surface area (Å²) in [5, 5.41) is 0.370. The molecule has 1 saturated heterocycles. The maximum absolute atomic E-state index is 14.5. The SMILES string of the molecule is CC(=O)c1ccc(N2CCN(C(=O)CN(Cc3c(F)cccc3Cl)C3CC3)CC2)c(F)c1. The van der Waals surface area contributed by atoms with Crippen LogP contribution in [0.5, 0.6) is 0 Å². The second-order valence-electron chi connectivity index (χ2n) is 8.43. The first kappa shape index (κ1) is 22.7. The smallest absolute Gasteiger partial charge is 0.236 e. The van der Waals surface area contributed by atoms with Crippen molar-refractivity contribution >= 4 is 29.0 Å². The molecule has 0 unspecified atom stereocenters. The van der Waals surface area contributed by atoms with Crippen molar-refractivity contribution in [1.29, 1.82) is 0 Å². The number of hydrogen-bond acceptors (Lipinski definition) is 4. The Hall–Kier alpha value is -2.51. The van der Waals surface area contributed by atoms with Gasteiger partial charge in [-0.2, -0.15) is 0 Å². The number of benzene rings is 2. The average molecular weight is 462 g/mol. The van der Waals surface area contributed by atoms with Crippen LogP contribution < -0.4 is 4.90 Å². The summed E-state index contributed by atoms with van der Waals surface area (Å²) in [5.41, 5.74) is 1.20. The second-order valence-corrected chi connectivity index (χ2v) is 8.83. The zero-order valence-electron chi connectivity index (χ0n) is 18.0. The van der Waals surface area contributed by atoms with Crippen molar-refractivity contribution < 1.29 is 18.4 Å². The van der Waals surface area contributed by atoms with E-state index in [0.717, 1.165) is 12.8 Å². The second kappa shape index (κ2) is 9.55. The quantitative estimate of drug-likeness (QED) is 0.581. The van der Waals surface area contributed by atoms with E-state index in [1.54, 1.807) is 29.2 Å². The fraction of sp³-hybridized carbons (Fsp3) is 0.417. The predicted octanol–water partition coefficient (Wildman–Crippen LogP) is 4.13. The number of Topliss-reactive ketones (excluding diaryl/α,β-unsaturated/α-hetero) is 1. The number of amides is 1. The minimum Gasteiger partial charge on any atom is -0.366 e. The molecule has 1 saturated carbocycles. The first-order valence-corrected chi connectivity index (χ1v) is 11.2. The number of ketones is 1. The van der Waals surface area contributed by atoms with Crippen molar-refractivity contribution in [2.75, 3.05) is 37.6 Å². The van der Waals surface area contributed by atoms with Crippen molar-refractivity contribution in [3.05, 3.63) is 64.2 Å². The number of piperazine rings is 1. The first-order chi connectivity index (χ1) is 15.3. The third-order valence-corrected chi connectivity index (χ3v) is 6.51. The number of anilines is 1. The van der Waals surface area contributed by atoms with E-state index in [2.05, 4.69) is 0 Å². The van der Waals surface area contributed by atoms with Crippen molar-refractivity contribution in [1.82, 2.24) is 9.80 Å². The third-order valence-electron chi connectivity index (χ3n) is 6.15. The standard InChI is InChI=1S/C24H26ClF2N3O2/c1-16(31)17-5-8-23(22(27)13-17)28-9-11-29(12-10-28)24(32)15-30(18-6-7-18)14-19-20(25)3-2-4-21(19)26/h2-5,8,13,18H,6-7,9-12,14-15H2,1H3. The molecule has 0 aromatic heterocycles. The summed E-state index contributed by atoms with van der Waals surface area (Å²) < 4.78 is 28.7. The maximum Gasteiger partial charge on any atom is 0.236 e. The molecule has 32 heavy (non-hydrogen) atoms. The summed E-state index contributed by atoms with van der Waals surface area (Å²) in [5.74, 6) is -0.986. The highest BCUT2D eigenvalue weighted by molar-refractivity contribution is 6.31. The van der Waals surface area contributed by atoms with Gasteiger partial charge in [0, 0.05) is 54.9 Å². The van der Waals surface area contributed by atoms with E-state index in [-0.39, 0.29) is 30.1 Å². The van der Waals surface area contributed by atoms with Crippen molar-refractivity contribution in [2.24, 2.45) is 0 Å². The number of carbonyl (C=O) groups excluding carboxylic acids is 2. The molecule has 0 N–H and O–H groups in total. The summed E-state index contributed by atoms with van der Waals surface area (Å²) in [6, 6.07) is 9.39. The lowest BCUT2D eigenvalue weighted by atomic mass is 10.1. The predicted molar refractivity (Wildman–Crippen MR) is 120 cm³/mol. The van der Waals surface area contributed by atoms with Crippen molar-refractivity contribution in [3.8, 4) is 0 Å². The van der Waals surface area contributed by atoms with Crippen LogP contribution in [-0.2, 0) is 11.3 Å². The van der Waals surface area contributed by atoms with Crippen LogP contribution >= 0.6 is 11.6 Å². The Labute approximate surface area is 191 Å². The van der Waals surface area contributed by atoms with E-state index < -0.39 is 5.82 Å². The Kier molecular flexibility index (Phi) is 6.76. The van der Waals surface area contributed by atoms with Gasteiger partial charge in [-0.3, -0.25) is 14.5 Å². The Morgan fingerprint density at radius 2 is 1.78 bits per heavy atom. The Morgan fingerprint density at radius 3 is 2.38 bits per heavy atom. The van der Waals surface area contributed by atoms with Gasteiger partial charge < -0.3 is 9.80 Å². The molecule has 170 valence electrons. The van der Waals surface area contributed by atoms with Gasteiger partial charge in [-0.05, 0) is 50.1 Å². The van der Waals surface area contributed by atoms with Gasteiger partial charge in [-0.25, -0.2) is 8.78 Å². The Balaban J connectivity index is 1.36. The zero-order valence-corrected chi connectivity index (χ0v) is 18.7. The molecule has 0 bridgehead atoms. The molecule has 0 spiro atoms. The highest BCUT2D eigenvalue weighted by Gasteiger charge is 2.33. The van der Waals surface area contributed by atoms with Crippen LogP contribution in [0.15, 0.2) is 36.4 Å². The molecular formula is C24H26ClF2N3O2. The van der Waals surface area contributed by atoms with Gasteiger partial charge in [0.05, 0.1) is 12.2 Å². The molecule has 2 fully saturated rings. The van der Waals surface area contributed by atoms with Crippen molar-refractivity contribution in [3.63, 3.8) is 0 Å². The lowest BCUT2D eigenvalue weighted by Gasteiger charge is -2.37. The Bertz CT molecular complexity index is 1000. The lowest BCUT2D eigenvalue weighted by molar-refractivity contribution is -0.133. The van der Waals surface area contributed by atoms with E-state index in [9.17, 15) is 18.4 Å². The van der Waals surface area contributed by atoms with Gasteiger partial charge in [0.15, 0.2) is 5.78 Å². The molecule has 8 heteroatoms. The lowest BCUT2D eigenvalue weighted by Crippen LogP contribution is -2.51. The molecule has 5 nitrogen and oxygen atoms in total. The van der Waals surface area contributed by atoms with Crippen LogP contribution in [-0.4, -0.2) is 60.3 Å². The molecule has 1 aliphatic carbocycles. The third kappa shape index (κ3) is 5.10. The molecule has 1 heterocycles. The molecular weight excluding hydrogens is 436 g/mol. The van der Waals surface area contributed by atoms with Gasteiger partial charge in [0.25, 0.3) is 0 Å². The molecule has 0 radical (unpaired) electrons. The topological polar surface area (TPSA) is 43.9 Å². The molecule has 1 aliphatic heterocycles. The van der Waals surface area contributed by atoms with E-state index in [1.165, 1.54) is 19.1 Å². The molecule has 1 amide bonds. The van der Waals surface area contributed by atoms with Crippen LogP contribution in [0.4, 0.5) is 14.5 Å². The number of rotatable bonds is 7. The highest BCUT2D eigenvalue weighted by atomic mass is 35.5. The van der Waals surface area contributed by atoms with E-state index in [0.29, 0.717) is 54.6 Å². The first-order valence-electron chi connectivity index (χ1n) is 10.8. The van der Waals surface area contributed by atoms with Crippen LogP contribution in [0.1, 0.15) is 35.7 Å². The van der Waals surface area contributed by atoms with Gasteiger partial charge in [0.2, 0.25) is 5.91 Å². The van der Waals surface area contributed by atoms with Crippen molar-refractivity contribution in [2.45, 2.75) is 32.4 Å². The zero-order chi connectivity index (χ0) is 22.8. The van der Waals surface area contributed by atoms with Gasteiger partial charge in [-0.1, -0.05) is 17.7 Å². The summed E-state index contributed by atoms with van der Waals surface area (Å²) in [4.78, 5) is 30.1. The number of carbonyl (C=O) groups is 2. The summed E-state index contributed by atoms with van der Waals surface area (Å²) in [6.45, 7) is 3.88. The minimum atomic E-state index is -0.431. The average Bonchev–Trinajstić information content (AvgIpc) is 3.61. The molecule has 4 rings (SSSR count). The minimum absolute atomic E-state index is 0.0172. The largest absolute Gasteiger partial charge is 0.366 e. The summed E-state index contributed by atoms with van der Waals surface area (Å²) >= 11 is 6.18. The summed E-state index contributed by atoms with van der Waals surface area (Å²) in [7, 11) is 0. The number of hydrogen-bond donors (Lipinski definition) is 0. The molecule has 2 aromatic rings. The molecule has 2 aliphatic rings. The van der Waals surface area contributed by atoms with Gasteiger partial charge >= 0.3 is 0 Å². The fourth-order valence-corrected chi connectivity index (χ4v) is 4.32. The van der Waals surface area contributed by atoms with E-state index >= 15 is 0 Å². The highest BCUT2D eigenvalue weighted by Crippen LogP contribution is 2.31. The van der Waals surface area contributed by atoms with Gasteiger partial charge in [0.1, 0.15) is 11.6 Å². The molecule has 2 aromatic carbocycles. The van der Waals surface area contributed by atoms with Crippen LogP contribution in [0, 0.1) is 11.6 Å². The number of nitrogens with zero attached hydrogens (tertiary/aromatic N) is 3. The normalized spacial score (nSPS) is 16.5. The summed E-state index contributed by atoms with van der Waals surface area (Å²) in [6.07, 6.45) is 1.98. The van der Waals surface area contributed by atoms with Crippen LogP contribution in [0.3, 0.4) is 0 Å². The fourth-order valence-electron chi connectivity index (χ4n) is 4.09. The van der Waals surface area contributed by atoms with Gasteiger partial charge in [-0.15, -0.1) is 0 Å². The van der Waals surface area contributed by atoms with E-state index in [4.69, 9.17) is 11.6 Å². The van der Waals surface area contributed by atoms with Crippen LogP contribution in [0.2, 0.25) is 5.02 Å². The monoisotopic (exact) mass is 461 g/mol. The van der Waals surface area contributed by atoms with E-state index in [1.807, 2.05) is 9.80 Å². The molecule has 0 atom stereocenters. The van der Waals surface area contributed by atoms with Crippen LogP contribution in [0.25, 0.3) is 0 Å². The number of halogens is 3. The Morgan fingerprint density at radius 1 is 1.06 bits per heavy atom. The maximum atomic E-state index is 14.5.